The highest BCUT2D eigenvalue weighted by atomic mass is 19.1. The third-order valence-corrected chi connectivity index (χ3v) is 3.47. The van der Waals surface area contributed by atoms with Crippen LogP contribution < -0.4 is 10.1 Å². The second-order valence-corrected chi connectivity index (χ2v) is 5.63. The highest BCUT2D eigenvalue weighted by Gasteiger charge is 2.22. The molecule has 0 fully saturated rings. The first-order valence-corrected chi connectivity index (χ1v) is 7.53. The molecule has 1 heterocycles. The van der Waals surface area contributed by atoms with Gasteiger partial charge in [-0.1, -0.05) is 26.0 Å². The van der Waals surface area contributed by atoms with Gasteiger partial charge in [-0.3, -0.25) is 4.79 Å². The van der Waals surface area contributed by atoms with E-state index in [0.717, 1.165) is 0 Å². The number of halogens is 1. The van der Waals surface area contributed by atoms with E-state index in [-0.39, 0.29) is 23.6 Å². The molecule has 0 spiro atoms. The summed E-state index contributed by atoms with van der Waals surface area (Å²) in [6, 6.07) is 5.86. The molecule has 23 heavy (non-hydrogen) atoms. The van der Waals surface area contributed by atoms with Crippen molar-refractivity contribution in [2.75, 3.05) is 0 Å². The summed E-state index contributed by atoms with van der Waals surface area (Å²) in [5.74, 6) is -0.553. The Morgan fingerprint density at radius 2 is 1.91 bits per heavy atom. The van der Waals surface area contributed by atoms with Crippen LogP contribution >= 0.6 is 0 Å². The molecule has 1 amide bonds. The van der Waals surface area contributed by atoms with Crippen molar-refractivity contribution < 1.29 is 13.9 Å². The standard InChI is InChI=1S/C16H21FN4O2/c1-11(2)14(10-21-18-8-9-19-21)20-16(22)12(3)23-15-7-5-4-6-13(15)17/h4-9,11-12,14H,10H2,1-3H3,(H,20,22). The van der Waals surface area contributed by atoms with Gasteiger partial charge in [-0.25, -0.2) is 4.39 Å². The van der Waals surface area contributed by atoms with Crippen LogP contribution in [0.4, 0.5) is 4.39 Å². The Kier molecular flexibility index (Phi) is 5.67. The van der Waals surface area contributed by atoms with Gasteiger partial charge in [0.25, 0.3) is 5.91 Å². The molecule has 0 saturated carbocycles. The van der Waals surface area contributed by atoms with Crippen LogP contribution in [0.3, 0.4) is 0 Å². The van der Waals surface area contributed by atoms with Crippen molar-refractivity contribution in [3.63, 3.8) is 0 Å². The number of aromatic nitrogens is 3. The molecule has 2 unspecified atom stereocenters. The summed E-state index contributed by atoms with van der Waals surface area (Å²) in [5.41, 5.74) is 0. The fraction of sp³-hybridized carbons (Fsp3) is 0.438. The van der Waals surface area contributed by atoms with Crippen LogP contribution in [-0.2, 0) is 11.3 Å². The molecule has 2 rings (SSSR count). The molecule has 2 aromatic rings. The van der Waals surface area contributed by atoms with Gasteiger partial charge >= 0.3 is 0 Å². The molecule has 0 aliphatic carbocycles. The molecule has 0 radical (unpaired) electrons. The summed E-state index contributed by atoms with van der Waals surface area (Å²) < 4.78 is 19.0. The molecule has 1 aromatic carbocycles. The van der Waals surface area contributed by atoms with Crippen molar-refractivity contribution in [1.29, 1.82) is 0 Å². The van der Waals surface area contributed by atoms with Gasteiger partial charge in [0, 0.05) is 0 Å². The lowest BCUT2D eigenvalue weighted by atomic mass is 10.0. The zero-order valence-corrected chi connectivity index (χ0v) is 13.4. The predicted molar refractivity (Wildman–Crippen MR) is 83.3 cm³/mol. The second kappa shape index (κ2) is 7.71. The van der Waals surface area contributed by atoms with Crippen molar-refractivity contribution >= 4 is 5.91 Å². The smallest absolute Gasteiger partial charge is 0.261 e. The number of benzene rings is 1. The monoisotopic (exact) mass is 320 g/mol. The minimum absolute atomic E-state index is 0.0602. The van der Waals surface area contributed by atoms with Gasteiger partial charge in [-0.2, -0.15) is 15.0 Å². The topological polar surface area (TPSA) is 69.0 Å². The Morgan fingerprint density at radius 3 is 2.52 bits per heavy atom. The number of rotatable bonds is 7. The number of hydrogen-bond donors (Lipinski definition) is 1. The first-order valence-electron chi connectivity index (χ1n) is 7.53. The Bertz CT molecular complexity index is 631. The summed E-state index contributed by atoms with van der Waals surface area (Å²) in [7, 11) is 0. The normalized spacial score (nSPS) is 13.6. The van der Waals surface area contributed by atoms with Crippen LogP contribution in [0.15, 0.2) is 36.7 Å². The fourth-order valence-electron chi connectivity index (χ4n) is 2.02. The van der Waals surface area contributed by atoms with E-state index in [2.05, 4.69) is 15.5 Å². The van der Waals surface area contributed by atoms with Crippen LogP contribution in [0.2, 0.25) is 0 Å². The number of nitrogens with one attached hydrogen (secondary N) is 1. The molecule has 0 saturated heterocycles. The Balaban J connectivity index is 1.96. The zero-order chi connectivity index (χ0) is 16.8. The van der Waals surface area contributed by atoms with Gasteiger partial charge in [-0.15, -0.1) is 0 Å². The average Bonchev–Trinajstić information content (AvgIpc) is 3.01. The van der Waals surface area contributed by atoms with Gasteiger partial charge in [0.2, 0.25) is 0 Å². The van der Waals surface area contributed by atoms with Gasteiger partial charge in [-0.05, 0) is 25.0 Å². The van der Waals surface area contributed by atoms with E-state index in [1.165, 1.54) is 16.9 Å². The highest BCUT2D eigenvalue weighted by molar-refractivity contribution is 5.81. The molecule has 0 aliphatic heterocycles. The summed E-state index contributed by atoms with van der Waals surface area (Å²) in [6.45, 7) is 6.04. The third-order valence-electron chi connectivity index (χ3n) is 3.47. The second-order valence-electron chi connectivity index (χ2n) is 5.63. The van der Waals surface area contributed by atoms with Crippen LogP contribution in [0.1, 0.15) is 20.8 Å². The largest absolute Gasteiger partial charge is 0.478 e. The lowest BCUT2D eigenvalue weighted by Gasteiger charge is -2.24. The number of hydrogen-bond acceptors (Lipinski definition) is 4. The molecule has 1 N–H and O–H groups in total. The van der Waals surface area contributed by atoms with Gasteiger partial charge < -0.3 is 10.1 Å². The van der Waals surface area contributed by atoms with Crippen molar-refractivity contribution in [3.05, 3.63) is 42.5 Å². The van der Waals surface area contributed by atoms with E-state index in [1.807, 2.05) is 13.8 Å². The molecule has 7 heteroatoms. The van der Waals surface area contributed by atoms with E-state index >= 15 is 0 Å². The third kappa shape index (κ3) is 4.77. The van der Waals surface area contributed by atoms with E-state index in [1.54, 1.807) is 31.5 Å². The quantitative estimate of drug-likeness (QED) is 0.847. The minimum atomic E-state index is -0.807. The zero-order valence-electron chi connectivity index (χ0n) is 13.4. The number of carbonyl (C=O) groups excluding carboxylic acids is 1. The Morgan fingerprint density at radius 1 is 1.26 bits per heavy atom. The summed E-state index contributed by atoms with van der Waals surface area (Å²) in [4.78, 5) is 13.8. The van der Waals surface area contributed by atoms with Crippen LogP contribution in [0, 0.1) is 11.7 Å². The molecule has 124 valence electrons. The summed E-state index contributed by atoms with van der Waals surface area (Å²) in [5, 5.41) is 11.0. The summed E-state index contributed by atoms with van der Waals surface area (Å²) >= 11 is 0. The Hall–Kier alpha value is -2.44. The number of nitrogens with zero attached hydrogens (tertiary/aromatic N) is 3. The van der Waals surface area contributed by atoms with Crippen molar-refractivity contribution in [1.82, 2.24) is 20.3 Å². The number of amides is 1. The lowest BCUT2D eigenvalue weighted by Crippen LogP contribution is -2.47. The van der Waals surface area contributed by atoms with Gasteiger partial charge in [0.15, 0.2) is 17.7 Å². The lowest BCUT2D eigenvalue weighted by molar-refractivity contribution is -0.128. The molecule has 6 nitrogen and oxygen atoms in total. The summed E-state index contributed by atoms with van der Waals surface area (Å²) in [6.07, 6.45) is 2.37. The van der Waals surface area contributed by atoms with Crippen molar-refractivity contribution in [2.24, 2.45) is 5.92 Å². The fourth-order valence-corrected chi connectivity index (χ4v) is 2.02. The molecule has 1 aromatic heterocycles. The van der Waals surface area contributed by atoms with Gasteiger partial charge in [0.05, 0.1) is 25.0 Å². The van der Waals surface area contributed by atoms with Crippen LogP contribution in [-0.4, -0.2) is 33.0 Å². The predicted octanol–water partition coefficient (Wildman–Crippen LogP) is 2.03. The number of ether oxygens (including phenoxy) is 1. The first kappa shape index (κ1) is 16.9. The van der Waals surface area contributed by atoms with Crippen molar-refractivity contribution in [2.45, 2.75) is 39.5 Å². The van der Waals surface area contributed by atoms with Gasteiger partial charge in [0.1, 0.15) is 0 Å². The molecular weight excluding hydrogens is 299 g/mol. The van der Waals surface area contributed by atoms with E-state index in [4.69, 9.17) is 4.74 Å². The van der Waals surface area contributed by atoms with Crippen LogP contribution in [0.5, 0.6) is 5.75 Å². The van der Waals surface area contributed by atoms with Crippen molar-refractivity contribution in [3.8, 4) is 5.75 Å². The number of carbonyl (C=O) groups is 1. The maximum absolute atomic E-state index is 13.6. The van der Waals surface area contributed by atoms with E-state index in [0.29, 0.717) is 6.54 Å². The Labute approximate surface area is 134 Å². The minimum Gasteiger partial charge on any atom is -0.478 e. The van der Waals surface area contributed by atoms with Crippen LogP contribution in [0.25, 0.3) is 0 Å². The maximum atomic E-state index is 13.6. The van der Waals surface area contributed by atoms with E-state index in [9.17, 15) is 9.18 Å². The average molecular weight is 320 g/mol. The SMILES string of the molecule is CC(Oc1ccccc1F)C(=O)NC(Cn1nccn1)C(C)C. The molecular formula is C16H21FN4O2. The highest BCUT2D eigenvalue weighted by Crippen LogP contribution is 2.17. The first-order chi connectivity index (χ1) is 11.0. The maximum Gasteiger partial charge on any atom is 0.261 e. The molecule has 0 bridgehead atoms. The number of para-hydroxylation sites is 1. The van der Waals surface area contributed by atoms with E-state index < -0.39 is 11.9 Å². The molecule has 2 atom stereocenters. The molecule has 0 aliphatic rings.